The SMILES string of the molecule is Cc1ccc(/C=C/C(=O)NNC(=O)c2cc(Cl)ccc2Cl)c(C)c1. The number of benzene rings is 2. The van der Waals surface area contributed by atoms with Gasteiger partial charge in [0.2, 0.25) is 0 Å². The molecule has 0 aromatic heterocycles. The van der Waals surface area contributed by atoms with E-state index in [9.17, 15) is 9.59 Å². The van der Waals surface area contributed by atoms with Gasteiger partial charge in [0.25, 0.3) is 11.8 Å². The van der Waals surface area contributed by atoms with Gasteiger partial charge in [-0.1, -0.05) is 47.0 Å². The lowest BCUT2D eigenvalue weighted by atomic mass is 10.1. The number of aryl methyl sites for hydroxylation is 2. The Morgan fingerprint density at radius 1 is 1.00 bits per heavy atom. The zero-order chi connectivity index (χ0) is 17.7. The average Bonchev–Trinajstić information content (AvgIpc) is 2.54. The molecule has 2 amide bonds. The summed E-state index contributed by atoms with van der Waals surface area (Å²) in [5.74, 6) is -1.00. The standard InChI is InChI=1S/C18H16Cl2N2O2/c1-11-3-4-13(12(2)9-11)5-8-17(23)21-22-18(24)15-10-14(19)6-7-16(15)20/h3-10H,1-2H3,(H,21,23)(H,22,24)/b8-5+. The van der Waals surface area contributed by atoms with Crippen molar-refractivity contribution in [3.05, 3.63) is 74.8 Å². The second-order valence-electron chi connectivity index (χ2n) is 5.26. The van der Waals surface area contributed by atoms with E-state index in [1.807, 2.05) is 32.0 Å². The van der Waals surface area contributed by atoms with Crippen LogP contribution in [0.25, 0.3) is 6.08 Å². The molecule has 2 rings (SSSR count). The normalized spacial score (nSPS) is 10.7. The van der Waals surface area contributed by atoms with E-state index in [0.717, 1.165) is 16.7 Å². The first-order valence-corrected chi connectivity index (χ1v) is 7.93. The first kappa shape index (κ1) is 18.0. The minimum absolute atomic E-state index is 0.183. The molecule has 2 aromatic rings. The van der Waals surface area contributed by atoms with E-state index in [1.54, 1.807) is 12.1 Å². The van der Waals surface area contributed by atoms with Crippen LogP contribution < -0.4 is 10.9 Å². The second-order valence-corrected chi connectivity index (χ2v) is 6.10. The van der Waals surface area contributed by atoms with Gasteiger partial charge in [-0.15, -0.1) is 0 Å². The summed E-state index contributed by atoms with van der Waals surface area (Å²) in [5.41, 5.74) is 7.93. The first-order valence-electron chi connectivity index (χ1n) is 7.17. The summed E-state index contributed by atoms with van der Waals surface area (Å²) in [6.07, 6.45) is 3.03. The average molecular weight is 363 g/mol. The summed E-state index contributed by atoms with van der Waals surface area (Å²) in [4.78, 5) is 23.8. The molecular weight excluding hydrogens is 347 g/mol. The van der Waals surface area contributed by atoms with E-state index in [1.165, 1.54) is 18.2 Å². The number of carbonyl (C=O) groups excluding carboxylic acids is 2. The highest BCUT2D eigenvalue weighted by Gasteiger charge is 2.11. The molecule has 6 heteroatoms. The smallest absolute Gasteiger partial charge is 0.268 e. The molecule has 2 N–H and O–H groups in total. The molecule has 124 valence electrons. The third-order valence-electron chi connectivity index (χ3n) is 3.31. The molecule has 0 heterocycles. The Labute approximate surface area is 150 Å². The highest BCUT2D eigenvalue weighted by molar-refractivity contribution is 6.35. The summed E-state index contributed by atoms with van der Waals surface area (Å²) in [6.45, 7) is 3.97. The number of halogens is 2. The van der Waals surface area contributed by atoms with Crippen molar-refractivity contribution in [1.82, 2.24) is 10.9 Å². The maximum Gasteiger partial charge on any atom is 0.271 e. The quantitative estimate of drug-likeness (QED) is 0.638. The number of carbonyl (C=O) groups is 2. The van der Waals surface area contributed by atoms with Crippen LogP contribution in [0.1, 0.15) is 27.0 Å². The highest BCUT2D eigenvalue weighted by Crippen LogP contribution is 2.20. The predicted molar refractivity (Wildman–Crippen MR) is 97.0 cm³/mol. The fraction of sp³-hybridized carbons (Fsp3) is 0.111. The Balaban J connectivity index is 1.96. The number of hydrogen-bond acceptors (Lipinski definition) is 2. The largest absolute Gasteiger partial charge is 0.271 e. The fourth-order valence-corrected chi connectivity index (χ4v) is 2.45. The molecule has 0 atom stereocenters. The molecule has 0 aliphatic rings. The van der Waals surface area contributed by atoms with Gasteiger partial charge in [0.05, 0.1) is 10.6 Å². The number of nitrogens with one attached hydrogen (secondary N) is 2. The van der Waals surface area contributed by atoms with Gasteiger partial charge in [-0.3, -0.25) is 20.4 Å². The summed E-state index contributed by atoms with van der Waals surface area (Å²) < 4.78 is 0. The van der Waals surface area contributed by atoms with Crippen LogP contribution in [-0.4, -0.2) is 11.8 Å². The Morgan fingerprint density at radius 3 is 2.46 bits per heavy atom. The summed E-state index contributed by atoms with van der Waals surface area (Å²) >= 11 is 11.8. The Kier molecular flexibility index (Phi) is 6.01. The molecule has 0 radical (unpaired) electrons. The second kappa shape index (κ2) is 7.99. The molecule has 2 aromatic carbocycles. The van der Waals surface area contributed by atoms with E-state index in [-0.39, 0.29) is 10.6 Å². The first-order chi connectivity index (χ1) is 11.4. The zero-order valence-electron chi connectivity index (χ0n) is 13.2. The maximum absolute atomic E-state index is 12.0. The minimum Gasteiger partial charge on any atom is -0.268 e. The Bertz CT molecular complexity index is 817. The van der Waals surface area contributed by atoms with E-state index in [0.29, 0.717) is 5.02 Å². The molecule has 0 saturated carbocycles. The lowest BCUT2D eigenvalue weighted by Crippen LogP contribution is -2.40. The summed E-state index contributed by atoms with van der Waals surface area (Å²) in [5, 5.41) is 0.627. The van der Waals surface area contributed by atoms with E-state index in [2.05, 4.69) is 10.9 Å². The van der Waals surface area contributed by atoms with Crippen LogP contribution in [0.4, 0.5) is 0 Å². The monoisotopic (exact) mass is 362 g/mol. The van der Waals surface area contributed by atoms with Gasteiger partial charge in [0.15, 0.2) is 0 Å². The highest BCUT2D eigenvalue weighted by atomic mass is 35.5. The maximum atomic E-state index is 12.0. The Morgan fingerprint density at radius 2 is 1.75 bits per heavy atom. The lowest BCUT2D eigenvalue weighted by molar-refractivity contribution is -0.117. The summed E-state index contributed by atoms with van der Waals surface area (Å²) in [6, 6.07) is 10.4. The van der Waals surface area contributed by atoms with Crippen molar-refractivity contribution < 1.29 is 9.59 Å². The van der Waals surface area contributed by atoms with Crippen LogP contribution in [0.15, 0.2) is 42.5 Å². The Hall–Kier alpha value is -2.30. The number of hydrogen-bond donors (Lipinski definition) is 2. The van der Waals surface area contributed by atoms with Crippen molar-refractivity contribution in [2.24, 2.45) is 0 Å². The minimum atomic E-state index is -0.546. The number of amides is 2. The molecule has 0 bridgehead atoms. The molecule has 0 spiro atoms. The van der Waals surface area contributed by atoms with Crippen molar-refractivity contribution in [3.8, 4) is 0 Å². The van der Waals surface area contributed by atoms with Crippen LogP contribution in [-0.2, 0) is 4.79 Å². The fourth-order valence-electron chi connectivity index (χ4n) is 2.08. The van der Waals surface area contributed by atoms with E-state index >= 15 is 0 Å². The van der Waals surface area contributed by atoms with Gasteiger partial charge in [-0.05, 0) is 49.2 Å². The van der Waals surface area contributed by atoms with Crippen molar-refractivity contribution >= 4 is 41.1 Å². The molecule has 24 heavy (non-hydrogen) atoms. The topological polar surface area (TPSA) is 58.2 Å². The molecular formula is C18H16Cl2N2O2. The van der Waals surface area contributed by atoms with Crippen molar-refractivity contribution in [2.75, 3.05) is 0 Å². The third-order valence-corrected chi connectivity index (χ3v) is 3.88. The van der Waals surface area contributed by atoms with Crippen LogP contribution in [0.2, 0.25) is 10.0 Å². The van der Waals surface area contributed by atoms with Crippen molar-refractivity contribution in [1.29, 1.82) is 0 Å². The van der Waals surface area contributed by atoms with Gasteiger partial charge in [0.1, 0.15) is 0 Å². The molecule has 0 fully saturated rings. The van der Waals surface area contributed by atoms with Gasteiger partial charge in [-0.25, -0.2) is 0 Å². The van der Waals surface area contributed by atoms with Crippen molar-refractivity contribution in [2.45, 2.75) is 13.8 Å². The van der Waals surface area contributed by atoms with E-state index < -0.39 is 11.8 Å². The summed E-state index contributed by atoms with van der Waals surface area (Å²) in [7, 11) is 0. The lowest BCUT2D eigenvalue weighted by Gasteiger charge is -2.07. The van der Waals surface area contributed by atoms with Gasteiger partial charge >= 0.3 is 0 Å². The predicted octanol–water partition coefficient (Wildman–Crippen LogP) is 4.08. The van der Waals surface area contributed by atoms with Crippen LogP contribution in [0, 0.1) is 13.8 Å². The van der Waals surface area contributed by atoms with E-state index in [4.69, 9.17) is 23.2 Å². The number of rotatable bonds is 3. The van der Waals surface area contributed by atoms with Crippen molar-refractivity contribution in [3.63, 3.8) is 0 Å². The van der Waals surface area contributed by atoms with Crippen LogP contribution in [0.3, 0.4) is 0 Å². The molecule has 0 unspecified atom stereocenters. The molecule has 0 aliphatic heterocycles. The van der Waals surface area contributed by atoms with Gasteiger partial charge < -0.3 is 0 Å². The molecule has 0 saturated heterocycles. The zero-order valence-corrected chi connectivity index (χ0v) is 14.7. The molecule has 4 nitrogen and oxygen atoms in total. The number of hydrazine groups is 1. The van der Waals surface area contributed by atoms with Crippen LogP contribution >= 0.6 is 23.2 Å². The van der Waals surface area contributed by atoms with Crippen LogP contribution in [0.5, 0.6) is 0 Å². The third kappa shape index (κ3) is 4.85. The molecule has 0 aliphatic carbocycles. The van der Waals surface area contributed by atoms with Gasteiger partial charge in [0, 0.05) is 11.1 Å². The van der Waals surface area contributed by atoms with Gasteiger partial charge in [-0.2, -0.15) is 0 Å².